The van der Waals surface area contributed by atoms with Gasteiger partial charge in [-0.2, -0.15) is 0 Å². The summed E-state index contributed by atoms with van der Waals surface area (Å²) < 4.78 is 25.3. The molecule has 0 rings (SSSR count). The predicted molar refractivity (Wildman–Crippen MR) is 15.7 cm³/mol. The first-order chi connectivity index (χ1) is 2.73. The Bertz CT molecular complexity index is 37.0. The monoisotopic (exact) mass is 159 g/mol. The molecule has 0 aromatic rings. The predicted octanol–water partition coefficient (Wildman–Crippen LogP) is -7.66. The Labute approximate surface area is 93.7 Å². The molecule has 5 nitrogen and oxygen atoms in total. The third-order valence-corrected chi connectivity index (χ3v) is 0. The summed E-state index contributed by atoms with van der Waals surface area (Å²) in [4.78, 5) is 0. The molecule has 0 heterocycles. The summed E-state index contributed by atoms with van der Waals surface area (Å²) in [6, 6.07) is 0. The smallest absolute Gasteiger partial charge is 0.784 e. The molecule has 0 spiro atoms. The van der Waals surface area contributed by atoms with Crippen LogP contribution in [0.25, 0.3) is 0 Å². The Kier molecular flexibility index (Phi) is 64.8. The van der Waals surface area contributed by atoms with Gasteiger partial charge in [-0.25, -0.2) is 5.90 Å². The fraction of sp³-hybridized carbons (Fsp3) is 0. The van der Waals surface area contributed by atoms with E-state index in [9.17, 15) is 0 Å². The van der Waals surface area contributed by atoms with Gasteiger partial charge in [0, 0.05) is 0 Å². The zero-order valence-corrected chi connectivity index (χ0v) is 9.47. The fourth-order valence-corrected chi connectivity index (χ4v) is 0. The van der Waals surface area contributed by atoms with Crippen molar-refractivity contribution < 1.29 is 77.6 Å². The summed E-state index contributed by atoms with van der Waals surface area (Å²) in [6.45, 7) is 0. The normalized spacial score (nSPS) is 5.12. The zero-order chi connectivity index (χ0) is 5.58. The van der Waals surface area contributed by atoms with E-state index >= 15 is 0 Å². The summed E-state index contributed by atoms with van der Waals surface area (Å²) in [6.07, 6.45) is 0. The molecule has 0 fully saturated rings. The summed E-state index contributed by atoms with van der Waals surface area (Å²) in [5, 5.41) is 6.50. The van der Waals surface area contributed by atoms with Gasteiger partial charge in [-0.3, -0.25) is 4.21 Å². The van der Waals surface area contributed by atoms with Crippen LogP contribution >= 0.6 is 0 Å². The number of rotatable bonds is 0. The second-order valence-electron chi connectivity index (χ2n) is 0.204. The first-order valence-corrected chi connectivity index (χ1v) is 1.76. The zero-order valence-electron chi connectivity index (χ0n) is 4.66. The first kappa shape index (κ1) is 22.5. The molecule has 0 aliphatic carbocycles. The van der Waals surface area contributed by atoms with E-state index in [0.717, 1.165) is 0 Å². The van der Waals surface area contributed by atoms with Gasteiger partial charge in [-0.1, -0.05) is 0 Å². The van der Waals surface area contributed by atoms with Gasteiger partial charge in [0.2, 0.25) is 0 Å². The van der Waals surface area contributed by atoms with E-state index in [0.29, 0.717) is 0 Å². The standard InChI is InChI=1S/H3NO.2Na.H2O3S/c1-2;;;1-4(2)3/h2H,1H2;;;(H2,1,2,3)/q;2*+1;/p-2. The van der Waals surface area contributed by atoms with Crippen LogP contribution in [0.1, 0.15) is 0 Å². The molecule has 3 N–H and O–H groups in total. The van der Waals surface area contributed by atoms with Gasteiger partial charge in [-0.05, 0) is 0 Å². The van der Waals surface area contributed by atoms with Crippen molar-refractivity contribution in [2.45, 2.75) is 0 Å². The third kappa shape index (κ3) is 98.6. The average molecular weight is 159 g/mol. The molecular weight excluding hydrogens is 156 g/mol. The molecule has 0 atom stereocenters. The van der Waals surface area contributed by atoms with Gasteiger partial charge in [0.1, 0.15) is 0 Å². The maximum absolute atomic E-state index is 8.44. The molecule has 0 radical (unpaired) electrons. The van der Waals surface area contributed by atoms with Crippen molar-refractivity contribution in [3.63, 3.8) is 0 Å². The molecular formula is H3NNa2O4S. The summed E-state index contributed by atoms with van der Waals surface area (Å²) in [5.41, 5.74) is 0. The summed E-state index contributed by atoms with van der Waals surface area (Å²) in [7, 11) is 0. The molecule has 0 aromatic heterocycles. The topological polar surface area (TPSA) is 109 Å². The summed E-state index contributed by atoms with van der Waals surface area (Å²) >= 11 is -3.11. The van der Waals surface area contributed by atoms with Crippen molar-refractivity contribution in [1.82, 2.24) is 0 Å². The number of hydrogen-bond acceptors (Lipinski definition) is 5. The molecule has 0 aliphatic heterocycles. The molecule has 0 aliphatic rings. The van der Waals surface area contributed by atoms with E-state index < -0.39 is 11.4 Å². The average Bonchev–Trinajstić information content (AvgIpc) is 1.41. The molecule has 0 saturated carbocycles. The van der Waals surface area contributed by atoms with Crippen LogP contribution in [0.5, 0.6) is 0 Å². The van der Waals surface area contributed by atoms with Crippen LogP contribution in [0.15, 0.2) is 0 Å². The first-order valence-electron chi connectivity index (χ1n) is 0.758. The van der Waals surface area contributed by atoms with Crippen LogP contribution in [0.2, 0.25) is 0 Å². The van der Waals surface area contributed by atoms with Crippen molar-refractivity contribution in [1.29, 1.82) is 0 Å². The van der Waals surface area contributed by atoms with Crippen molar-refractivity contribution in [2.75, 3.05) is 0 Å². The molecule has 8 heavy (non-hydrogen) atoms. The molecule has 0 amide bonds. The third-order valence-electron chi connectivity index (χ3n) is 0. The maximum Gasteiger partial charge on any atom is 1.00 e. The van der Waals surface area contributed by atoms with Crippen LogP contribution in [0.4, 0.5) is 0 Å². The van der Waals surface area contributed by atoms with E-state index in [4.69, 9.17) is 18.5 Å². The fourth-order valence-electron chi connectivity index (χ4n) is 0. The van der Waals surface area contributed by atoms with E-state index in [1.807, 2.05) is 0 Å². The van der Waals surface area contributed by atoms with Crippen LogP contribution in [-0.2, 0) is 11.4 Å². The van der Waals surface area contributed by atoms with Crippen molar-refractivity contribution >= 4 is 11.4 Å². The second kappa shape index (κ2) is 23.0. The van der Waals surface area contributed by atoms with Crippen molar-refractivity contribution in [2.24, 2.45) is 5.90 Å². The quantitative estimate of drug-likeness (QED) is 0.207. The Morgan fingerprint density at radius 1 is 1.25 bits per heavy atom. The van der Waals surface area contributed by atoms with Crippen LogP contribution in [0.3, 0.4) is 0 Å². The molecule has 0 unspecified atom stereocenters. The molecule has 0 saturated heterocycles. The summed E-state index contributed by atoms with van der Waals surface area (Å²) in [5.74, 6) is 3.50. The molecule has 40 valence electrons. The minimum absolute atomic E-state index is 0. The van der Waals surface area contributed by atoms with Crippen molar-refractivity contribution in [3.05, 3.63) is 0 Å². The minimum Gasteiger partial charge on any atom is -0.784 e. The van der Waals surface area contributed by atoms with E-state index in [1.165, 1.54) is 0 Å². The Morgan fingerprint density at radius 3 is 1.25 bits per heavy atom. The molecule has 0 aromatic carbocycles. The number of hydrogen-bond donors (Lipinski definition) is 2. The molecule has 0 bridgehead atoms. The van der Waals surface area contributed by atoms with E-state index in [-0.39, 0.29) is 59.1 Å². The van der Waals surface area contributed by atoms with Gasteiger partial charge >= 0.3 is 59.1 Å². The van der Waals surface area contributed by atoms with Gasteiger partial charge in [0.25, 0.3) is 0 Å². The Morgan fingerprint density at radius 2 is 1.25 bits per heavy atom. The largest absolute Gasteiger partial charge is 1.00 e. The van der Waals surface area contributed by atoms with Gasteiger partial charge in [0.15, 0.2) is 0 Å². The second-order valence-corrected chi connectivity index (χ2v) is 0.612. The minimum atomic E-state index is -3.11. The Hall–Kier alpha value is 1.99. The van der Waals surface area contributed by atoms with Gasteiger partial charge in [-0.15, -0.1) is 11.4 Å². The molecule has 8 heteroatoms. The van der Waals surface area contributed by atoms with E-state index in [1.54, 1.807) is 0 Å². The SMILES string of the molecule is NO.O=S([O-])[O-].[Na+].[Na+]. The van der Waals surface area contributed by atoms with Gasteiger partial charge in [0.05, 0.1) is 0 Å². The Balaban J connectivity index is -0.0000000183. The van der Waals surface area contributed by atoms with Crippen LogP contribution < -0.4 is 65.0 Å². The maximum atomic E-state index is 8.44. The van der Waals surface area contributed by atoms with Crippen molar-refractivity contribution in [3.8, 4) is 0 Å². The van der Waals surface area contributed by atoms with Crippen LogP contribution in [-0.4, -0.2) is 18.5 Å². The number of nitrogens with two attached hydrogens (primary N) is 1. The van der Waals surface area contributed by atoms with E-state index in [2.05, 4.69) is 5.90 Å². The van der Waals surface area contributed by atoms with Crippen LogP contribution in [0, 0.1) is 0 Å². The van der Waals surface area contributed by atoms with Gasteiger partial charge < -0.3 is 14.3 Å².